The first-order valence-electron chi connectivity index (χ1n) is 5.48. The van der Waals surface area contributed by atoms with Crippen molar-refractivity contribution in [2.45, 2.75) is 5.16 Å². The smallest absolute Gasteiger partial charge is 0.231 e. The molecular weight excluding hydrogens is 264 g/mol. The first-order chi connectivity index (χ1) is 9.22. The summed E-state index contributed by atoms with van der Waals surface area (Å²) in [5.41, 5.74) is 0. The third-order valence-corrected chi connectivity index (χ3v) is 3.32. The standard InChI is InChI=1S/C12H12N4O2S/c1-3-6-13-10(17)8-19-12-15-14-11(16(12)2)9-5-4-7-18-9/h1,4-5,7H,6,8H2,2H3,(H,13,17). The van der Waals surface area contributed by atoms with Crippen LogP contribution in [0.2, 0.25) is 0 Å². The fraction of sp³-hybridized carbons (Fsp3) is 0.250. The Morgan fingerprint density at radius 3 is 3.16 bits per heavy atom. The SMILES string of the molecule is C#CCNC(=O)CSc1nnc(-c2ccco2)n1C. The topological polar surface area (TPSA) is 73.0 Å². The molecule has 2 heterocycles. The van der Waals surface area contributed by atoms with E-state index in [-0.39, 0.29) is 18.2 Å². The maximum Gasteiger partial charge on any atom is 0.231 e. The monoisotopic (exact) mass is 276 g/mol. The number of nitrogens with one attached hydrogen (secondary N) is 1. The molecule has 0 spiro atoms. The van der Waals surface area contributed by atoms with E-state index in [1.807, 2.05) is 7.05 Å². The van der Waals surface area contributed by atoms with Crippen LogP contribution in [0, 0.1) is 12.3 Å². The van der Waals surface area contributed by atoms with Crippen molar-refractivity contribution in [2.24, 2.45) is 7.05 Å². The lowest BCUT2D eigenvalue weighted by atomic mass is 10.4. The van der Waals surface area contributed by atoms with E-state index in [1.165, 1.54) is 11.8 Å². The summed E-state index contributed by atoms with van der Waals surface area (Å²) in [6.45, 7) is 0.232. The van der Waals surface area contributed by atoms with Crippen LogP contribution in [0.5, 0.6) is 0 Å². The second-order valence-corrected chi connectivity index (χ2v) is 4.55. The van der Waals surface area contributed by atoms with Gasteiger partial charge in [-0.2, -0.15) is 0 Å². The van der Waals surface area contributed by atoms with Crippen molar-refractivity contribution in [3.8, 4) is 23.9 Å². The van der Waals surface area contributed by atoms with Gasteiger partial charge in [-0.25, -0.2) is 0 Å². The van der Waals surface area contributed by atoms with Crippen LogP contribution >= 0.6 is 11.8 Å². The Hall–Kier alpha value is -2.20. The van der Waals surface area contributed by atoms with Crippen molar-refractivity contribution < 1.29 is 9.21 Å². The number of nitrogens with zero attached hydrogens (tertiary/aromatic N) is 3. The minimum absolute atomic E-state index is 0.134. The highest BCUT2D eigenvalue weighted by Crippen LogP contribution is 2.22. The molecule has 0 bridgehead atoms. The summed E-state index contributed by atoms with van der Waals surface area (Å²) in [6.07, 6.45) is 6.63. The normalized spacial score (nSPS) is 10.1. The third-order valence-electron chi connectivity index (χ3n) is 2.30. The Kier molecular flexibility index (Phi) is 4.26. The number of thioether (sulfide) groups is 1. The van der Waals surface area contributed by atoms with Crippen LogP contribution < -0.4 is 5.32 Å². The number of hydrogen-bond donors (Lipinski definition) is 1. The number of terminal acetylenes is 1. The minimum atomic E-state index is -0.134. The molecule has 0 unspecified atom stereocenters. The van der Waals surface area contributed by atoms with E-state index >= 15 is 0 Å². The molecule has 0 aliphatic carbocycles. The molecular formula is C12H12N4O2S. The lowest BCUT2D eigenvalue weighted by Crippen LogP contribution is -2.25. The van der Waals surface area contributed by atoms with Gasteiger partial charge in [0.25, 0.3) is 0 Å². The van der Waals surface area contributed by atoms with E-state index in [9.17, 15) is 4.79 Å². The summed E-state index contributed by atoms with van der Waals surface area (Å²) in [4.78, 5) is 11.4. The van der Waals surface area contributed by atoms with Gasteiger partial charge in [-0.1, -0.05) is 17.7 Å². The maximum absolute atomic E-state index is 11.4. The van der Waals surface area contributed by atoms with Crippen LogP contribution in [-0.4, -0.2) is 33.0 Å². The number of carbonyl (C=O) groups excluding carboxylic acids is 1. The van der Waals surface area contributed by atoms with E-state index < -0.39 is 0 Å². The number of aromatic nitrogens is 3. The molecule has 0 aliphatic rings. The third kappa shape index (κ3) is 3.17. The predicted octanol–water partition coefficient (Wildman–Crippen LogP) is 0.917. The van der Waals surface area contributed by atoms with Gasteiger partial charge in [0.15, 0.2) is 16.7 Å². The molecule has 0 aromatic carbocycles. The van der Waals surface area contributed by atoms with E-state index in [0.29, 0.717) is 16.7 Å². The number of furan rings is 1. The van der Waals surface area contributed by atoms with Gasteiger partial charge in [-0.05, 0) is 12.1 Å². The molecule has 0 radical (unpaired) electrons. The minimum Gasteiger partial charge on any atom is -0.461 e. The second-order valence-electron chi connectivity index (χ2n) is 3.61. The Morgan fingerprint density at radius 1 is 1.63 bits per heavy atom. The first-order valence-corrected chi connectivity index (χ1v) is 6.47. The maximum atomic E-state index is 11.4. The van der Waals surface area contributed by atoms with E-state index in [2.05, 4.69) is 21.4 Å². The number of amides is 1. The zero-order valence-corrected chi connectivity index (χ0v) is 11.1. The second kappa shape index (κ2) is 6.11. The fourth-order valence-electron chi connectivity index (χ4n) is 1.39. The molecule has 1 N–H and O–H groups in total. The lowest BCUT2D eigenvalue weighted by Gasteiger charge is -2.02. The van der Waals surface area contributed by atoms with Crippen molar-refractivity contribution in [3.63, 3.8) is 0 Å². The summed E-state index contributed by atoms with van der Waals surface area (Å²) >= 11 is 1.29. The lowest BCUT2D eigenvalue weighted by molar-refractivity contribution is -0.118. The van der Waals surface area contributed by atoms with Crippen molar-refractivity contribution in [3.05, 3.63) is 18.4 Å². The van der Waals surface area contributed by atoms with Crippen LogP contribution in [0.3, 0.4) is 0 Å². The highest BCUT2D eigenvalue weighted by Gasteiger charge is 2.14. The zero-order valence-electron chi connectivity index (χ0n) is 10.3. The molecule has 19 heavy (non-hydrogen) atoms. The fourth-order valence-corrected chi connectivity index (χ4v) is 2.13. The molecule has 6 nitrogen and oxygen atoms in total. The molecule has 1 amide bonds. The van der Waals surface area contributed by atoms with Crippen LogP contribution in [0.4, 0.5) is 0 Å². The molecule has 0 atom stereocenters. The van der Waals surface area contributed by atoms with Crippen LogP contribution in [0.25, 0.3) is 11.6 Å². The van der Waals surface area contributed by atoms with Gasteiger partial charge < -0.3 is 14.3 Å². The summed E-state index contributed by atoms with van der Waals surface area (Å²) < 4.78 is 7.03. The predicted molar refractivity (Wildman–Crippen MR) is 71.3 cm³/mol. The van der Waals surface area contributed by atoms with Crippen molar-refractivity contribution in [2.75, 3.05) is 12.3 Å². The number of rotatable bonds is 5. The highest BCUT2D eigenvalue weighted by molar-refractivity contribution is 7.99. The molecule has 2 aromatic heterocycles. The molecule has 0 aliphatic heterocycles. The van der Waals surface area contributed by atoms with Crippen LogP contribution in [0.15, 0.2) is 28.0 Å². The van der Waals surface area contributed by atoms with Crippen molar-refractivity contribution >= 4 is 17.7 Å². The highest BCUT2D eigenvalue weighted by atomic mass is 32.2. The molecule has 2 aromatic rings. The zero-order chi connectivity index (χ0) is 13.7. The first kappa shape index (κ1) is 13.2. The summed E-state index contributed by atoms with van der Waals surface area (Å²) in [7, 11) is 1.82. The van der Waals surface area contributed by atoms with Crippen LogP contribution in [0.1, 0.15) is 0 Å². The Morgan fingerprint density at radius 2 is 2.47 bits per heavy atom. The number of hydrogen-bond acceptors (Lipinski definition) is 5. The average molecular weight is 276 g/mol. The largest absolute Gasteiger partial charge is 0.461 e. The van der Waals surface area contributed by atoms with Gasteiger partial charge in [0.05, 0.1) is 18.6 Å². The summed E-state index contributed by atoms with van der Waals surface area (Å²) in [5, 5.41) is 11.3. The van der Waals surface area contributed by atoms with Gasteiger partial charge in [0.2, 0.25) is 5.91 Å². The quantitative estimate of drug-likeness (QED) is 0.649. The van der Waals surface area contributed by atoms with E-state index in [1.54, 1.807) is 23.0 Å². The average Bonchev–Trinajstić information content (AvgIpc) is 3.03. The van der Waals surface area contributed by atoms with Crippen molar-refractivity contribution in [1.82, 2.24) is 20.1 Å². The molecule has 2 rings (SSSR count). The van der Waals surface area contributed by atoms with Crippen molar-refractivity contribution in [1.29, 1.82) is 0 Å². The van der Waals surface area contributed by atoms with E-state index in [0.717, 1.165) is 0 Å². The van der Waals surface area contributed by atoms with Crippen LogP contribution in [-0.2, 0) is 11.8 Å². The molecule has 0 saturated heterocycles. The van der Waals surface area contributed by atoms with Gasteiger partial charge in [0.1, 0.15) is 0 Å². The molecule has 0 saturated carbocycles. The summed E-state index contributed by atoms with van der Waals surface area (Å²) in [5.74, 6) is 3.71. The van der Waals surface area contributed by atoms with Gasteiger partial charge in [-0.3, -0.25) is 4.79 Å². The molecule has 7 heteroatoms. The van der Waals surface area contributed by atoms with Gasteiger partial charge in [-0.15, -0.1) is 16.6 Å². The summed E-state index contributed by atoms with van der Waals surface area (Å²) in [6, 6.07) is 3.59. The van der Waals surface area contributed by atoms with Gasteiger partial charge in [0, 0.05) is 7.05 Å². The van der Waals surface area contributed by atoms with Gasteiger partial charge >= 0.3 is 0 Å². The Bertz CT molecular complexity index is 598. The van der Waals surface area contributed by atoms with E-state index in [4.69, 9.17) is 10.8 Å². The number of carbonyl (C=O) groups is 1. The Balaban J connectivity index is 1.99. The molecule has 0 fully saturated rings. The Labute approximate surface area is 114 Å². The molecule has 98 valence electrons.